The van der Waals surface area contributed by atoms with Crippen molar-refractivity contribution in [1.29, 1.82) is 0 Å². The van der Waals surface area contributed by atoms with Crippen LogP contribution in [0.2, 0.25) is 0 Å². The predicted octanol–water partition coefficient (Wildman–Crippen LogP) is 1.60. The molecular formula is C17H21N3O2S. The van der Waals surface area contributed by atoms with E-state index in [-0.39, 0.29) is 30.9 Å². The molecule has 5 nitrogen and oxygen atoms in total. The Hall–Kier alpha value is -2.18. The van der Waals surface area contributed by atoms with E-state index in [1.165, 1.54) is 12.6 Å². The summed E-state index contributed by atoms with van der Waals surface area (Å²) in [7, 11) is 1.54. The van der Waals surface area contributed by atoms with E-state index >= 15 is 0 Å². The fourth-order valence-corrected chi connectivity index (χ4v) is 2.95. The van der Waals surface area contributed by atoms with E-state index in [0.29, 0.717) is 0 Å². The molecule has 2 amide bonds. The van der Waals surface area contributed by atoms with Crippen molar-refractivity contribution in [3.63, 3.8) is 0 Å². The van der Waals surface area contributed by atoms with Gasteiger partial charge in [0.15, 0.2) is 0 Å². The standard InChI is InChI=1S/C17H21N3O2S/c1-12-5-7-13(8-6-12)17(14-4-3-9-23-14)20-11-16(22)19-10-15(21)18-2/h3-9,17,20H,10-11H2,1-2H3,(H,18,21)(H,19,22)/t17-/m0/s1. The maximum atomic E-state index is 11.9. The molecule has 0 aliphatic heterocycles. The first-order chi connectivity index (χ1) is 11.1. The van der Waals surface area contributed by atoms with Crippen molar-refractivity contribution in [3.05, 3.63) is 57.8 Å². The van der Waals surface area contributed by atoms with Crippen LogP contribution in [0.4, 0.5) is 0 Å². The molecular weight excluding hydrogens is 310 g/mol. The van der Waals surface area contributed by atoms with Crippen LogP contribution in [0, 0.1) is 6.92 Å². The molecule has 0 spiro atoms. The van der Waals surface area contributed by atoms with Crippen LogP contribution in [0.3, 0.4) is 0 Å². The smallest absolute Gasteiger partial charge is 0.239 e. The van der Waals surface area contributed by atoms with Crippen LogP contribution in [-0.4, -0.2) is 32.0 Å². The number of carbonyl (C=O) groups excluding carboxylic acids is 2. The molecule has 1 heterocycles. The summed E-state index contributed by atoms with van der Waals surface area (Å²) in [5.74, 6) is -0.422. The van der Waals surface area contributed by atoms with Crippen LogP contribution in [0.1, 0.15) is 22.0 Å². The first-order valence-corrected chi connectivity index (χ1v) is 8.28. The highest BCUT2D eigenvalue weighted by Gasteiger charge is 2.16. The molecule has 0 radical (unpaired) electrons. The summed E-state index contributed by atoms with van der Waals surface area (Å²) in [4.78, 5) is 24.2. The van der Waals surface area contributed by atoms with Gasteiger partial charge in [-0.3, -0.25) is 14.9 Å². The molecule has 2 rings (SSSR count). The fourth-order valence-electron chi connectivity index (χ4n) is 2.12. The van der Waals surface area contributed by atoms with Gasteiger partial charge in [-0.2, -0.15) is 0 Å². The van der Waals surface area contributed by atoms with Crippen molar-refractivity contribution >= 4 is 23.2 Å². The van der Waals surface area contributed by atoms with Crippen molar-refractivity contribution in [3.8, 4) is 0 Å². The number of thiophene rings is 1. The first-order valence-electron chi connectivity index (χ1n) is 7.41. The van der Waals surface area contributed by atoms with Crippen LogP contribution in [0.5, 0.6) is 0 Å². The number of likely N-dealkylation sites (N-methyl/N-ethyl adjacent to an activating group) is 1. The second-order valence-electron chi connectivity index (χ2n) is 5.19. The molecule has 6 heteroatoms. The molecule has 0 saturated carbocycles. The van der Waals surface area contributed by atoms with Gasteiger partial charge in [-0.1, -0.05) is 35.9 Å². The number of nitrogens with one attached hydrogen (secondary N) is 3. The van der Waals surface area contributed by atoms with E-state index in [4.69, 9.17) is 0 Å². The molecule has 23 heavy (non-hydrogen) atoms. The highest BCUT2D eigenvalue weighted by molar-refractivity contribution is 7.10. The topological polar surface area (TPSA) is 70.2 Å². The lowest BCUT2D eigenvalue weighted by molar-refractivity contribution is -0.125. The molecule has 0 aliphatic carbocycles. The second kappa shape index (κ2) is 8.45. The zero-order valence-corrected chi connectivity index (χ0v) is 14.1. The van der Waals surface area contributed by atoms with E-state index in [1.54, 1.807) is 11.3 Å². The lowest BCUT2D eigenvalue weighted by Crippen LogP contribution is -2.40. The molecule has 122 valence electrons. The van der Waals surface area contributed by atoms with Gasteiger partial charge in [0, 0.05) is 11.9 Å². The number of hydrogen-bond acceptors (Lipinski definition) is 4. The van der Waals surface area contributed by atoms with E-state index in [9.17, 15) is 9.59 Å². The van der Waals surface area contributed by atoms with Gasteiger partial charge in [0.1, 0.15) is 0 Å². The number of carbonyl (C=O) groups is 2. The number of aryl methyl sites for hydroxylation is 1. The van der Waals surface area contributed by atoms with Gasteiger partial charge in [0.2, 0.25) is 11.8 Å². The minimum absolute atomic E-state index is 0.00872. The summed E-state index contributed by atoms with van der Waals surface area (Å²) in [5, 5.41) is 10.3. The van der Waals surface area contributed by atoms with Gasteiger partial charge >= 0.3 is 0 Å². The minimum Gasteiger partial charge on any atom is -0.358 e. The number of benzene rings is 1. The summed E-state index contributed by atoms with van der Waals surface area (Å²) in [5.41, 5.74) is 2.30. The Labute approximate surface area is 140 Å². The van der Waals surface area contributed by atoms with Crippen LogP contribution in [0.15, 0.2) is 41.8 Å². The van der Waals surface area contributed by atoms with Gasteiger partial charge in [-0.25, -0.2) is 0 Å². The normalized spacial score (nSPS) is 11.7. The zero-order valence-electron chi connectivity index (χ0n) is 13.3. The second-order valence-corrected chi connectivity index (χ2v) is 6.17. The molecule has 0 fully saturated rings. The number of amides is 2. The van der Waals surface area contributed by atoms with Crippen LogP contribution < -0.4 is 16.0 Å². The van der Waals surface area contributed by atoms with Crippen molar-refractivity contribution in [2.75, 3.05) is 20.1 Å². The number of rotatable bonds is 7. The average molecular weight is 331 g/mol. The summed E-state index contributed by atoms with van der Waals surface area (Å²) >= 11 is 1.65. The third-order valence-corrected chi connectivity index (χ3v) is 4.37. The first kappa shape index (κ1) is 17.2. The molecule has 1 aromatic carbocycles. The quantitative estimate of drug-likeness (QED) is 0.722. The summed E-state index contributed by atoms with van der Waals surface area (Å²) < 4.78 is 0. The molecule has 0 bridgehead atoms. The fraction of sp³-hybridized carbons (Fsp3) is 0.294. The monoisotopic (exact) mass is 331 g/mol. The molecule has 1 atom stereocenters. The van der Waals surface area contributed by atoms with E-state index in [0.717, 1.165) is 10.4 Å². The van der Waals surface area contributed by atoms with Gasteiger partial charge in [-0.05, 0) is 23.9 Å². The van der Waals surface area contributed by atoms with Crippen LogP contribution in [-0.2, 0) is 9.59 Å². The van der Waals surface area contributed by atoms with Gasteiger partial charge < -0.3 is 10.6 Å². The highest BCUT2D eigenvalue weighted by Crippen LogP contribution is 2.26. The Morgan fingerprint density at radius 1 is 1.09 bits per heavy atom. The third-order valence-electron chi connectivity index (χ3n) is 3.43. The summed E-state index contributed by atoms with van der Waals surface area (Å²) in [6.45, 7) is 2.18. The SMILES string of the molecule is CNC(=O)CNC(=O)CN[C@@H](c1ccc(C)cc1)c1cccs1. The minimum atomic E-state index is -0.216. The van der Waals surface area contributed by atoms with Crippen molar-refractivity contribution in [2.45, 2.75) is 13.0 Å². The lowest BCUT2D eigenvalue weighted by Gasteiger charge is -2.18. The zero-order chi connectivity index (χ0) is 16.7. The van der Waals surface area contributed by atoms with E-state index in [1.807, 2.05) is 24.4 Å². The Kier molecular flexibility index (Phi) is 6.31. The third kappa shape index (κ3) is 5.19. The molecule has 2 aromatic rings. The Morgan fingerprint density at radius 3 is 2.43 bits per heavy atom. The highest BCUT2D eigenvalue weighted by atomic mass is 32.1. The lowest BCUT2D eigenvalue weighted by atomic mass is 10.0. The largest absolute Gasteiger partial charge is 0.358 e. The number of hydrogen-bond donors (Lipinski definition) is 3. The molecule has 0 saturated heterocycles. The van der Waals surface area contributed by atoms with Gasteiger partial charge in [0.05, 0.1) is 19.1 Å². The summed E-state index contributed by atoms with van der Waals surface area (Å²) in [6, 6.07) is 12.2. The maximum Gasteiger partial charge on any atom is 0.239 e. The van der Waals surface area contributed by atoms with E-state index in [2.05, 4.69) is 40.2 Å². The van der Waals surface area contributed by atoms with Crippen LogP contribution >= 0.6 is 11.3 Å². The van der Waals surface area contributed by atoms with Crippen molar-refractivity contribution in [1.82, 2.24) is 16.0 Å². The Morgan fingerprint density at radius 2 is 1.83 bits per heavy atom. The Bertz CT molecular complexity index is 638. The van der Waals surface area contributed by atoms with Gasteiger partial charge in [-0.15, -0.1) is 11.3 Å². The van der Waals surface area contributed by atoms with Crippen molar-refractivity contribution in [2.24, 2.45) is 0 Å². The Balaban J connectivity index is 2.00. The molecule has 0 unspecified atom stereocenters. The van der Waals surface area contributed by atoms with Gasteiger partial charge in [0.25, 0.3) is 0 Å². The molecule has 0 aliphatic rings. The van der Waals surface area contributed by atoms with Crippen LogP contribution in [0.25, 0.3) is 0 Å². The predicted molar refractivity (Wildman–Crippen MR) is 92.4 cm³/mol. The van der Waals surface area contributed by atoms with Crippen molar-refractivity contribution < 1.29 is 9.59 Å². The average Bonchev–Trinajstić information content (AvgIpc) is 3.08. The van der Waals surface area contributed by atoms with E-state index < -0.39 is 0 Å². The maximum absolute atomic E-state index is 11.9. The molecule has 1 aromatic heterocycles. The molecule has 3 N–H and O–H groups in total. The summed E-state index contributed by atoms with van der Waals surface area (Å²) in [6.07, 6.45) is 0.